The van der Waals surface area contributed by atoms with E-state index in [1.807, 2.05) is 0 Å². The summed E-state index contributed by atoms with van der Waals surface area (Å²) in [6.07, 6.45) is -6.90. The molecule has 2 aromatic heterocycles. The van der Waals surface area contributed by atoms with Crippen LogP contribution in [0.4, 0.5) is 22.0 Å². The number of halogens is 5. The van der Waals surface area contributed by atoms with Crippen molar-refractivity contribution in [2.24, 2.45) is 0 Å². The molecule has 0 fully saturated rings. The van der Waals surface area contributed by atoms with Crippen LogP contribution in [0.25, 0.3) is 5.65 Å². The van der Waals surface area contributed by atoms with Crippen molar-refractivity contribution in [3.05, 3.63) is 35.8 Å². The van der Waals surface area contributed by atoms with Gasteiger partial charge in [-0.1, -0.05) is 6.07 Å². The van der Waals surface area contributed by atoms with Gasteiger partial charge in [0.1, 0.15) is 23.0 Å². The monoisotopic (exact) mass is 482 g/mol. The summed E-state index contributed by atoms with van der Waals surface area (Å²) in [4.78, 5) is 6.59. The molecule has 3 rings (SSSR count). The van der Waals surface area contributed by atoms with Crippen molar-refractivity contribution in [2.45, 2.75) is 23.3 Å². The fourth-order valence-corrected chi connectivity index (χ4v) is 4.35. The molecule has 0 saturated carbocycles. The van der Waals surface area contributed by atoms with Crippen molar-refractivity contribution in [3.8, 4) is 17.5 Å². The number of aromatic nitrogens is 4. The number of alkyl halides is 5. The zero-order valence-electron chi connectivity index (χ0n) is 16.4. The highest BCUT2D eigenvalue weighted by Gasteiger charge is 2.40. The number of nitrogens with zero attached hydrogens (tertiary/aromatic N) is 4. The number of benzene rings is 1. The molecule has 0 saturated heterocycles. The standard InChI is InChI=1S/C17H15F5N4O5S/c1-29-11-6-23-16(30-2)26-15(11)24-13(25-26)8-32(27,28)14-9(17(20,21)22)4-3-5-10(14)31-7-12(18)19/h3-6,12H,7-8H2,1-2H3. The van der Waals surface area contributed by atoms with Gasteiger partial charge in [-0.2, -0.15) is 22.7 Å². The van der Waals surface area contributed by atoms with Crippen LogP contribution in [0.3, 0.4) is 0 Å². The van der Waals surface area contributed by atoms with Gasteiger partial charge in [-0.25, -0.2) is 22.2 Å². The van der Waals surface area contributed by atoms with Gasteiger partial charge >= 0.3 is 12.2 Å². The average molecular weight is 482 g/mol. The SMILES string of the molecule is COc1cnc(OC)n2nc(CS(=O)(=O)c3c(OCC(F)F)cccc3C(F)(F)F)nc12. The first kappa shape index (κ1) is 23.4. The smallest absolute Gasteiger partial charge is 0.417 e. The Morgan fingerprint density at radius 2 is 1.84 bits per heavy atom. The number of fused-ring (bicyclic) bond motifs is 1. The topological polar surface area (TPSA) is 105 Å². The maximum absolute atomic E-state index is 13.5. The van der Waals surface area contributed by atoms with Gasteiger partial charge in [0.25, 0.3) is 6.43 Å². The van der Waals surface area contributed by atoms with Gasteiger partial charge in [0.15, 0.2) is 21.4 Å². The second-order valence-corrected chi connectivity index (χ2v) is 8.09. The lowest BCUT2D eigenvalue weighted by molar-refractivity contribution is -0.140. The summed E-state index contributed by atoms with van der Waals surface area (Å²) in [7, 11) is -2.27. The van der Waals surface area contributed by atoms with Crippen LogP contribution in [0.1, 0.15) is 11.4 Å². The Kier molecular flexibility index (Phi) is 6.39. The number of sulfone groups is 1. The highest BCUT2D eigenvalue weighted by molar-refractivity contribution is 7.90. The summed E-state index contributed by atoms with van der Waals surface area (Å²) in [5, 5.41) is 3.92. The van der Waals surface area contributed by atoms with Crippen LogP contribution in [-0.4, -0.2) is 55.3 Å². The lowest BCUT2D eigenvalue weighted by Crippen LogP contribution is -2.18. The largest absolute Gasteiger partial charge is 0.491 e. The summed E-state index contributed by atoms with van der Waals surface area (Å²) < 4.78 is 107. The van der Waals surface area contributed by atoms with Crippen LogP contribution in [0.2, 0.25) is 0 Å². The molecule has 32 heavy (non-hydrogen) atoms. The van der Waals surface area contributed by atoms with Gasteiger partial charge in [-0.3, -0.25) is 0 Å². The Hall–Kier alpha value is -3.23. The molecule has 0 aliphatic rings. The van der Waals surface area contributed by atoms with Crippen LogP contribution in [0, 0.1) is 0 Å². The fourth-order valence-electron chi connectivity index (χ4n) is 2.79. The van der Waals surface area contributed by atoms with Gasteiger partial charge in [0.2, 0.25) is 5.65 Å². The summed E-state index contributed by atoms with van der Waals surface area (Å²) in [5.41, 5.74) is -1.56. The Bertz CT molecular complexity index is 1190. The summed E-state index contributed by atoms with van der Waals surface area (Å²) in [6, 6.07) is 2.13. The van der Waals surface area contributed by atoms with Gasteiger partial charge in [-0.05, 0) is 12.1 Å². The quantitative estimate of drug-likeness (QED) is 0.452. The third kappa shape index (κ3) is 4.66. The number of hydrogen-bond donors (Lipinski definition) is 0. The van der Waals surface area contributed by atoms with Crippen molar-refractivity contribution >= 4 is 15.5 Å². The summed E-state index contributed by atoms with van der Waals surface area (Å²) in [5.74, 6) is -2.27. The molecule has 15 heteroatoms. The normalized spacial score (nSPS) is 12.4. The van der Waals surface area contributed by atoms with Crippen LogP contribution in [0.5, 0.6) is 17.5 Å². The van der Waals surface area contributed by atoms with E-state index in [0.717, 1.165) is 16.6 Å². The Labute approximate surface area is 177 Å². The minimum Gasteiger partial charge on any atom is -0.491 e. The van der Waals surface area contributed by atoms with E-state index in [-0.39, 0.29) is 17.4 Å². The molecule has 0 N–H and O–H groups in total. The van der Waals surface area contributed by atoms with E-state index < -0.39 is 56.8 Å². The van der Waals surface area contributed by atoms with Crippen LogP contribution in [-0.2, 0) is 21.8 Å². The van der Waals surface area contributed by atoms with Crippen molar-refractivity contribution < 1.29 is 44.6 Å². The fraction of sp³-hybridized carbons (Fsp3) is 0.353. The number of ether oxygens (including phenoxy) is 3. The molecule has 9 nitrogen and oxygen atoms in total. The van der Waals surface area contributed by atoms with Crippen LogP contribution < -0.4 is 14.2 Å². The molecular formula is C17H15F5N4O5S. The molecule has 2 heterocycles. The molecule has 0 aliphatic carbocycles. The van der Waals surface area contributed by atoms with Gasteiger partial charge in [0, 0.05) is 0 Å². The second kappa shape index (κ2) is 8.72. The molecule has 1 aromatic carbocycles. The second-order valence-electron chi connectivity index (χ2n) is 6.17. The van der Waals surface area contributed by atoms with E-state index >= 15 is 0 Å². The van der Waals surface area contributed by atoms with E-state index in [1.54, 1.807) is 0 Å². The van der Waals surface area contributed by atoms with E-state index in [1.165, 1.54) is 20.4 Å². The van der Waals surface area contributed by atoms with Crippen molar-refractivity contribution in [1.82, 2.24) is 19.6 Å². The van der Waals surface area contributed by atoms with Crippen molar-refractivity contribution in [3.63, 3.8) is 0 Å². The molecule has 0 unspecified atom stereocenters. The first-order valence-corrected chi connectivity index (χ1v) is 10.3. The van der Waals surface area contributed by atoms with Crippen LogP contribution >= 0.6 is 0 Å². The Morgan fingerprint density at radius 3 is 2.44 bits per heavy atom. The molecule has 3 aromatic rings. The van der Waals surface area contributed by atoms with Gasteiger partial charge in [0.05, 0.1) is 26.0 Å². The lowest BCUT2D eigenvalue weighted by Gasteiger charge is -2.17. The van der Waals surface area contributed by atoms with E-state index in [0.29, 0.717) is 6.07 Å². The zero-order valence-corrected chi connectivity index (χ0v) is 17.2. The number of rotatable bonds is 8. The molecule has 0 spiro atoms. The average Bonchev–Trinajstić information content (AvgIpc) is 3.13. The minimum atomic E-state index is -5.10. The molecule has 0 amide bonds. The Balaban J connectivity index is 2.12. The lowest BCUT2D eigenvalue weighted by atomic mass is 10.2. The third-order valence-electron chi connectivity index (χ3n) is 4.03. The summed E-state index contributed by atoms with van der Waals surface area (Å²) >= 11 is 0. The predicted octanol–water partition coefficient (Wildman–Crippen LogP) is 2.78. The molecular weight excluding hydrogens is 467 g/mol. The maximum atomic E-state index is 13.5. The molecule has 0 bridgehead atoms. The highest BCUT2D eigenvalue weighted by atomic mass is 32.2. The van der Waals surface area contributed by atoms with Crippen molar-refractivity contribution in [1.29, 1.82) is 0 Å². The number of hydrogen-bond acceptors (Lipinski definition) is 8. The molecule has 0 atom stereocenters. The highest BCUT2D eigenvalue weighted by Crippen LogP contribution is 2.40. The zero-order chi connectivity index (χ0) is 23.7. The molecule has 0 aliphatic heterocycles. The molecule has 0 radical (unpaired) electrons. The van der Waals surface area contributed by atoms with Gasteiger partial charge < -0.3 is 14.2 Å². The maximum Gasteiger partial charge on any atom is 0.417 e. The van der Waals surface area contributed by atoms with E-state index in [9.17, 15) is 30.4 Å². The van der Waals surface area contributed by atoms with Gasteiger partial charge in [-0.15, -0.1) is 5.10 Å². The third-order valence-corrected chi connectivity index (χ3v) is 5.71. The number of methoxy groups -OCH3 is 2. The van der Waals surface area contributed by atoms with E-state index in [2.05, 4.69) is 19.8 Å². The Morgan fingerprint density at radius 1 is 1.12 bits per heavy atom. The van der Waals surface area contributed by atoms with Crippen LogP contribution in [0.15, 0.2) is 29.3 Å². The summed E-state index contributed by atoms with van der Waals surface area (Å²) in [6.45, 7) is -1.30. The predicted molar refractivity (Wildman–Crippen MR) is 97.7 cm³/mol. The first-order valence-electron chi connectivity index (χ1n) is 8.64. The first-order chi connectivity index (χ1) is 15.0. The molecule has 174 valence electrons. The minimum absolute atomic E-state index is 0.00262. The van der Waals surface area contributed by atoms with Crippen molar-refractivity contribution in [2.75, 3.05) is 20.8 Å². The van der Waals surface area contributed by atoms with E-state index in [4.69, 9.17) is 9.47 Å².